The lowest BCUT2D eigenvalue weighted by molar-refractivity contribution is -0.134. The number of aliphatic hydroxyl groups is 1. The van der Waals surface area contributed by atoms with Gasteiger partial charge in [-0.15, -0.1) is 0 Å². The summed E-state index contributed by atoms with van der Waals surface area (Å²) in [5, 5.41) is 20.2. The predicted octanol–water partition coefficient (Wildman–Crippen LogP) is 3.50. The van der Waals surface area contributed by atoms with Gasteiger partial charge in [0.05, 0.1) is 23.6 Å². The van der Waals surface area contributed by atoms with Crippen LogP contribution in [0, 0.1) is 11.3 Å². The smallest absolute Gasteiger partial charge is 0.225 e. The van der Waals surface area contributed by atoms with Crippen LogP contribution in [0.25, 0.3) is 28.2 Å². The minimum absolute atomic E-state index is 0.0365. The topological polar surface area (TPSA) is 106 Å². The normalized spacial score (nSPS) is 17.9. The summed E-state index contributed by atoms with van der Waals surface area (Å²) in [6.07, 6.45) is 5.71. The quantitative estimate of drug-likeness (QED) is 0.590. The second-order valence-corrected chi connectivity index (χ2v) is 9.21. The summed E-state index contributed by atoms with van der Waals surface area (Å²) in [5.41, 5.74) is 4.79. The SMILES string of the molecule is C=Cc1cc(-c2cc(C#N)c(N3CCN(C(=O)CCO)C(C)C3)nc2C2CC2)c2cccnc2n1. The van der Waals surface area contributed by atoms with Crippen LogP contribution in [0.2, 0.25) is 0 Å². The summed E-state index contributed by atoms with van der Waals surface area (Å²) in [6.45, 7) is 7.45. The number of amides is 1. The van der Waals surface area contributed by atoms with E-state index in [9.17, 15) is 10.1 Å². The molecule has 5 rings (SSSR count). The highest BCUT2D eigenvalue weighted by atomic mass is 16.3. The molecular formula is C27H28N6O2. The maximum absolute atomic E-state index is 12.3. The van der Waals surface area contributed by atoms with Gasteiger partial charge in [-0.3, -0.25) is 4.79 Å². The van der Waals surface area contributed by atoms with Gasteiger partial charge in [0.15, 0.2) is 5.65 Å². The van der Waals surface area contributed by atoms with Gasteiger partial charge in [-0.05, 0) is 55.7 Å². The Morgan fingerprint density at radius 3 is 2.80 bits per heavy atom. The summed E-state index contributed by atoms with van der Waals surface area (Å²) in [7, 11) is 0. The van der Waals surface area contributed by atoms with Crippen LogP contribution in [0.5, 0.6) is 0 Å². The van der Waals surface area contributed by atoms with Crippen molar-refractivity contribution in [2.24, 2.45) is 0 Å². The van der Waals surface area contributed by atoms with Crippen LogP contribution in [-0.2, 0) is 4.79 Å². The van der Waals surface area contributed by atoms with Crippen LogP contribution in [0.1, 0.15) is 49.1 Å². The largest absolute Gasteiger partial charge is 0.396 e. The third-order valence-electron chi connectivity index (χ3n) is 6.79. The average molecular weight is 469 g/mol. The number of carbonyl (C=O) groups excluding carboxylic acids is 1. The molecule has 0 aromatic carbocycles. The Morgan fingerprint density at radius 1 is 1.29 bits per heavy atom. The number of rotatable bonds is 6. The highest BCUT2D eigenvalue weighted by Gasteiger charge is 2.33. The Bertz CT molecular complexity index is 1340. The lowest BCUT2D eigenvalue weighted by atomic mass is 9.96. The number of carbonyl (C=O) groups is 1. The minimum Gasteiger partial charge on any atom is -0.396 e. The molecule has 1 atom stereocenters. The zero-order chi connectivity index (χ0) is 24.5. The van der Waals surface area contributed by atoms with Crippen molar-refractivity contribution in [2.75, 3.05) is 31.1 Å². The highest BCUT2D eigenvalue weighted by Crippen LogP contribution is 2.46. The standard InChI is InChI=1S/C27H28N6O2/c1-3-20-14-22(21-5-4-9-29-26(21)30-20)23-13-19(15-28)27(31-25(23)18-6-7-18)32-10-11-33(17(2)16-32)24(35)8-12-34/h3-5,9,13-14,17-18,34H,1,6-8,10-12,16H2,2H3. The van der Waals surface area contributed by atoms with Crippen LogP contribution >= 0.6 is 0 Å². The molecule has 1 amide bonds. The molecule has 1 saturated carbocycles. The summed E-state index contributed by atoms with van der Waals surface area (Å²) < 4.78 is 0. The van der Waals surface area contributed by atoms with E-state index < -0.39 is 0 Å². The summed E-state index contributed by atoms with van der Waals surface area (Å²) in [6, 6.07) is 10.2. The summed E-state index contributed by atoms with van der Waals surface area (Å²) >= 11 is 0. The number of aliphatic hydroxyl groups excluding tert-OH is 1. The maximum Gasteiger partial charge on any atom is 0.225 e. The van der Waals surface area contributed by atoms with Crippen molar-refractivity contribution >= 4 is 28.8 Å². The van der Waals surface area contributed by atoms with Crippen molar-refractivity contribution in [3.8, 4) is 17.2 Å². The number of hydrogen-bond donors (Lipinski definition) is 1. The van der Waals surface area contributed by atoms with Crippen molar-refractivity contribution in [1.82, 2.24) is 19.9 Å². The average Bonchev–Trinajstić information content (AvgIpc) is 3.72. The van der Waals surface area contributed by atoms with Crippen LogP contribution in [0.4, 0.5) is 5.82 Å². The maximum atomic E-state index is 12.3. The van der Waals surface area contributed by atoms with Crippen molar-refractivity contribution in [2.45, 2.75) is 38.1 Å². The molecule has 1 N–H and O–H groups in total. The van der Waals surface area contributed by atoms with Crippen LogP contribution in [0.3, 0.4) is 0 Å². The molecule has 2 fully saturated rings. The van der Waals surface area contributed by atoms with Crippen LogP contribution in [-0.4, -0.2) is 63.1 Å². The first-order chi connectivity index (χ1) is 17.0. The first-order valence-corrected chi connectivity index (χ1v) is 12.0. The minimum atomic E-state index is -0.148. The molecule has 178 valence electrons. The van der Waals surface area contributed by atoms with Gasteiger partial charge in [0.2, 0.25) is 5.91 Å². The first kappa shape index (κ1) is 22.9. The molecule has 4 heterocycles. The number of aromatic nitrogens is 3. The van der Waals surface area contributed by atoms with Gasteiger partial charge in [-0.25, -0.2) is 15.0 Å². The molecule has 1 aliphatic heterocycles. The highest BCUT2D eigenvalue weighted by molar-refractivity contribution is 5.95. The number of nitriles is 1. The van der Waals surface area contributed by atoms with Gasteiger partial charge >= 0.3 is 0 Å². The van der Waals surface area contributed by atoms with Crippen molar-refractivity contribution in [3.05, 3.63) is 54.0 Å². The van der Waals surface area contributed by atoms with Gasteiger partial charge in [0.1, 0.15) is 11.9 Å². The fourth-order valence-corrected chi connectivity index (χ4v) is 4.89. The second kappa shape index (κ2) is 9.43. The molecule has 2 aliphatic rings. The van der Waals surface area contributed by atoms with E-state index in [0.29, 0.717) is 42.6 Å². The molecule has 0 radical (unpaired) electrons. The lowest BCUT2D eigenvalue weighted by Gasteiger charge is -2.41. The van der Waals surface area contributed by atoms with Crippen LogP contribution in [0.15, 0.2) is 37.0 Å². The Hall–Kier alpha value is -3.83. The van der Waals surface area contributed by atoms with E-state index in [1.807, 2.05) is 36.1 Å². The molecule has 1 aliphatic carbocycles. The molecule has 1 unspecified atom stereocenters. The number of pyridine rings is 3. The number of fused-ring (bicyclic) bond motifs is 1. The lowest BCUT2D eigenvalue weighted by Crippen LogP contribution is -2.54. The van der Waals surface area contributed by atoms with Crippen molar-refractivity contribution in [3.63, 3.8) is 0 Å². The van der Waals surface area contributed by atoms with E-state index >= 15 is 0 Å². The molecule has 3 aromatic heterocycles. The third kappa shape index (κ3) is 4.35. The van der Waals surface area contributed by atoms with Gasteiger partial charge in [-0.2, -0.15) is 5.26 Å². The van der Waals surface area contributed by atoms with Crippen LogP contribution < -0.4 is 4.90 Å². The summed E-state index contributed by atoms with van der Waals surface area (Å²) in [5.74, 6) is 0.992. The Kier molecular flexibility index (Phi) is 6.18. The third-order valence-corrected chi connectivity index (χ3v) is 6.79. The van der Waals surface area contributed by atoms with Gasteiger partial charge in [0.25, 0.3) is 0 Å². The zero-order valence-corrected chi connectivity index (χ0v) is 19.8. The van der Waals surface area contributed by atoms with E-state index in [4.69, 9.17) is 10.1 Å². The monoisotopic (exact) mass is 468 g/mol. The molecule has 0 spiro atoms. The molecule has 35 heavy (non-hydrogen) atoms. The zero-order valence-electron chi connectivity index (χ0n) is 19.8. The Labute approximate surface area is 204 Å². The van der Waals surface area contributed by atoms with Gasteiger partial charge in [0, 0.05) is 55.2 Å². The molecular weight excluding hydrogens is 440 g/mol. The van der Waals surface area contributed by atoms with E-state index in [-0.39, 0.29) is 25.0 Å². The number of nitrogens with zero attached hydrogens (tertiary/aromatic N) is 6. The Balaban J connectivity index is 1.58. The van der Waals surface area contributed by atoms with Gasteiger partial charge < -0.3 is 14.9 Å². The molecule has 8 nitrogen and oxygen atoms in total. The fourth-order valence-electron chi connectivity index (χ4n) is 4.89. The predicted molar refractivity (Wildman–Crippen MR) is 135 cm³/mol. The van der Waals surface area contributed by atoms with Gasteiger partial charge in [-0.1, -0.05) is 6.58 Å². The molecule has 0 bridgehead atoms. The molecule has 1 saturated heterocycles. The molecule has 3 aromatic rings. The number of piperazine rings is 1. The Morgan fingerprint density at radius 2 is 2.11 bits per heavy atom. The van der Waals surface area contributed by atoms with E-state index in [0.717, 1.165) is 40.7 Å². The van der Waals surface area contributed by atoms with E-state index in [1.165, 1.54) is 0 Å². The van der Waals surface area contributed by atoms with E-state index in [2.05, 4.69) is 27.5 Å². The second-order valence-electron chi connectivity index (χ2n) is 9.21. The number of anilines is 1. The van der Waals surface area contributed by atoms with Crippen molar-refractivity contribution < 1.29 is 9.90 Å². The summed E-state index contributed by atoms with van der Waals surface area (Å²) in [4.78, 5) is 30.4. The fraction of sp³-hybridized carbons (Fsp3) is 0.370. The van der Waals surface area contributed by atoms with E-state index in [1.54, 1.807) is 12.3 Å². The van der Waals surface area contributed by atoms with Crippen molar-refractivity contribution in [1.29, 1.82) is 5.26 Å². The first-order valence-electron chi connectivity index (χ1n) is 12.0. The molecule has 8 heteroatoms. The number of hydrogen-bond acceptors (Lipinski definition) is 7.